The molecule has 28 heavy (non-hydrogen) atoms. The number of halogens is 1. The number of nitrogens with zero attached hydrogens (tertiary/aromatic N) is 3. The molecule has 6 nitrogen and oxygen atoms in total. The molecule has 0 bridgehead atoms. The Hall–Kier alpha value is -2.90. The highest BCUT2D eigenvalue weighted by molar-refractivity contribution is 7.90. The summed E-state index contributed by atoms with van der Waals surface area (Å²) in [4.78, 5) is 8.55. The molecule has 3 aromatic heterocycles. The van der Waals surface area contributed by atoms with Gasteiger partial charge in [-0.25, -0.2) is 22.4 Å². The van der Waals surface area contributed by atoms with E-state index in [0.29, 0.717) is 27.5 Å². The Morgan fingerprint density at radius 1 is 1.00 bits per heavy atom. The molecular weight excluding hydrogens is 398 g/mol. The minimum atomic E-state index is -3.92. The van der Waals surface area contributed by atoms with Crippen molar-refractivity contribution in [2.45, 2.75) is 11.8 Å². The van der Waals surface area contributed by atoms with Crippen LogP contribution in [-0.4, -0.2) is 29.5 Å². The SMILES string of the molecule is COc1cc(-c2cc3c(Cl)ccnc3n2S(=O)(=O)c2ccc(C)cc2)ccn1. The lowest BCUT2D eigenvalue weighted by Crippen LogP contribution is -2.14. The zero-order valence-electron chi connectivity index (χ0n) is 15.1. The number of hydrogen-bond donors (Lipinski definition) is 0. The number of aromatic nitrogens is 3. The Labute approximate surface area is 167 Å². The van der Waals surface area contributed by atoms with Gasteiger partial charge in [-0.2, -0.15) is 0 Å². The van der Waals surface area contributed by atoms with E-state index in [-0.39, 0.29) is 10.5 Å². The van der Waals surface area contributed by atoms with Gasteiger partial charge in [0.1, 0.15) is 0 Å². The average Bonchev–Trinajstić information content (AvgIpc) is 3.10. The van der Waals surface area contributed by atoms with Crippen molar-refractivity contribution in [3.05, 3.63) is 71.5 Å². The molecule has 142 valence electrons. The van der Waals surface area contributed by atoms with Crippen LogP contribution in [0.2, 0.25) is 5.02 Å². The van der Waals surface area contributed by atoms with Crippen molar-refractivity contribution < 1.29 is 13.2 Å². The summed E-state index contributed by atoms with van der Waals surface area (Å²) in [5.41, 5.74) is 2.28. The standard InChI is InChI=1S/C20H16ClN3O3S/c1-13-3-5-15(6-4-13)28(25,26)24-18(14-7-9-22-19(11-14)27-2)12-16-17(21)8-10-23-20(16)24/h3-12H,1-2H3. The van der Waals surface area contributed by atoms with E-state index in [9.17, 15) is 8.42 Å². The summed E-state index contributed by atoms with van der Waals surface area (Å²) in [6.07, 6.45) is 3.05. The van der Waals surface area contributed by atoms with E-state index in [1.54, 1.807) is 54.7 Å². The lowest BCUT2D eigenvalue weighted by Gasteiger charge is -2.12. The van der Waals surface area contributed by atoms with Crippen LogP contribution in [0.5, 0.6) is 5.88 Å². The lowest BCUT2D eigenvalue weighted by molar-refractivity contribution is 0.398. The van der Waals surface area contributed by atoms with Gasteiger partial charge in [0, 0.05) is 29.4 Å². The van der Waals surface area contributed by atoms with Crippen LogP contribution in [0, 0.1) is 6.92 Å². The predicted octanol–water partition coefficient (Wildman–Crippen LogP) is 4.31. The first-order chi connectivity index (χ1) is 13.4. The molecule has 0 unspecified atom stereocenters. The maximum Gasteiger partial charge on any atom is 0.269 e. The van der Waals surface area contributed by atoms with E-state index in [2.05, 4.69) is 9.97 Å². The molecule has 0 radical (unpaired) electrons. The fourth-order valence-corrected chi connectivity index (χ4v) is 4.66. The van der Waals surface area contributed by atoms with Crippen LogP contribution in [0.25, 0.3) is 22.3 Å². The van der Waals surface area contributed by atoms with E-state index < -0.39 is 10.0 Å². The number of fused-ring (bicyclic) bond motifs is 1. The number of benzene rings is 1. The Bertz CT molecular complexity index is 1280. The highest BCUT2D eigenvalue weighted by Crippen LogP contribution is 2.35. The lowest BCUT2D eigenvalue weighted by atomic mass is 10.2. The highest BCUT2D eigenvalue weighted by atomic mass is 35.5. The maximum atomic E-state index is 13.5. The summed E-state index contributed by atoms with van der Waals surface area (Å²) in [6.45, 7) is 1.90. The summed E-state index contributed by atoms with van der Waals surface area (Å²) in [5, 5.41) is 0.968. The van der Waals surface area contributed by atoms with Crippen molar-refractivity contribution in [2.75, 3.05) is 7.11 Å². The Morgan fingerprint density at radius 2 is 1.71 bits per heavy atom. The third kappa shape index (κ3) is 3.02. The van der Waals surface area contributed by atoms with Gasteiger partial charge in [-0.05, 0) is 37.3 Å². The molecule has 0 atom stereocenters. The number of methoxy groups -OCH3 is 1. The third-order valence-corrected chi connectivity index (χ3v) is 6.45. The number of rotatable bonds is 4. The van der Waals surface area contributed by atoms with Gasteiger partial charge in [-0.1, -0.05) is 29.3 Å². The first kappa shape index (κ1) is 18.5. The molecule has 4 aromatic rings. The molecule has 0 aliphatic rings. The Balaban J connectivity index is 2.06. The second-order valence-electron chi connectivity index (χ2n) is 6.23. The van der Waals surface area contributed by atoms with E-state index in [4.69, 9.17) is 16.3 Å². The normalized spacial score (nSPS) is 11.7. The minimum absolute atomic E-state index is 0.166. The summed E-state index contributed by atoms with van der Waals surface area (Å²) in [5.74, 6) is 0.376. The molecular formula is C20H16ClN3O3S. The molecule has 4 rings (SSSR count). The molecule has 3 heterocycles. The molecule has 0 saturated heterocycles. The molecule has 0 fully saturated rings. The minimum Gasteiger partial charge on any atom is -0.481 e. The average molecular weight is 414 g/mol. The van der Waals surface area contributed by atoms with Crippen molar-refractivity contribution in [1.82, 2.24) is 13.9 Å². The highest BCUT2D eigenvalue weighted by Gasteiger charge is 2.25. The fourth-order valence-electron chi connectivity index (χ4n) is 2.98. The molecule has 0 spiro atoms. The van der Waals surface area contributed by atoms with Crippen LogP contribution in [-0.2, 0) is 10.0 Å². The van der Waals surface area contributed by atoms with Gasteiger partial charge < -0.3 is 4.74 Å². The van der Waals surface area contributed by atoms with Crippen LogP contribution in [0.4, 0.5) is 0 Å². The monoisotopic (exact) mass is 413 g/mol. The van der Waals surface area contributed by atoms with E-state index >= 15 is 0 Å². The molecule has 0 amide bonds. The van der Waals surface area contributed by atoms with Crippen molar-refractivity contribution in [2.24, 2.45) is 0 Å². The zero-order valence-corrected chi connectivity index (χ0v) is 16.7. The topological polar surface area (TPSA) is 74.1 Å². The zero-order chi connectivity index (χ0) is 19.9. The van der Waals surface area contributed by atoms with Gasteiger partial charge in [-0.3, -0.25) is 0 Å². The van der Waals surface area contributed by atoms with Crippen molar-refractivity contribution >= 4 is 32.7 Å². The van der Waals surface area contributed by atoms with Crippen LogP contribution >= 0.6 is 11.6 Å². The van der Waals surface area contributed by atoms with Crippen molar-refractivity contribution in [1.29, 1.82) is 0 Å². The molecule has 0 aliphatic heterocycles. The summed E-state index contributed by atoms with van der Waals surface area (Å²) in [7, 11) is -2.42. The largest absolute Gasteiger partial charge is 0.481 e. The van der Waals surface area contributed by atoms with Gasteiger partial charge in [-0.15, -0.1) is 0 Å². The molecule has 8 heteroatoms. The van der Waals surface area contributed by atoms with Crippen LogP contribution in [0.3, 0.4) is 0 Å². The van der Waals surface area contributed by atoms with Crippen molar-refractivity contribution in [3.8, 4) is 17.1 Å². The van der Waals surface area contributed by atoms with Gasteiger partial charge in [0.25, 0.3) is 10.0 Å². The number of ether oxygens (including phenoxy) is 1. The van der Waals surface area contributed by atoms with E-state index in [0.717, 1.165) is 5.56 Å². The second kappa shape index (κ2) is 6.92. The van der Waals surface area contributed by atoms with Crippen LogP contribution < -0.4 is 4.74 Å². The van der Waals surface area contributed by atoms with Crippen molar-refractivity contribution in [3.63, 3.8) is 0 Å². The molecule has 0 saturated carbocycles. The Morgan fingerprint density at radius 3 is 2.43 bits per heavy atom. The van der Waals surface area contributed by atoms with Gasteiger partial charge in [0.2, 0.25) is 5.88 Å². The first-order valence-corrected chi connectivity index (χ1v) is 10.2. The predicted molar refractivity (Wildman–Crippen MR) is 108 cm³/mol. The van der Waals surface area contributed by atoms with E-state index in [1.165, 1.54) is 17.3 Å². The molecule has 1 aromatic carbocycles. The summed E-state index contributed by atoms with van der Waals surface area (Å²) in [6, 6.07) is 13.4. The molecule has 0 aliphatic carbocycles. The Kier molecular flexibility index (Phi) is 4.56. The number of hydrogen-bond acceptors (Lipinski definition) is 5. The quantitative estimate of drug-likeness (QED) is 0.498. The second-order valence-corrected chi connectivity index (χ2v) is 8.42. The summed E-state index contributed by atoms with van der Waals surface area (Å²) >= 11 is 6.32. The first-order valence-electron chi connectivity index (χ1n) is 8.40. The maximum absolute atomic E-state index is 13.5. The molecule has 0 N–H and O–H groups in total. The number of aryl methyl sites for hydroxylation is 1. The third-order valence-electron chi connectivity index (χ3n) is 4.41. The summed E-state index contributed by atoms with van der Waals surface area (Å²) < 4.78 is 33.4. The number of pyridine rings is 2. The fraction of sp³-hybridized carbons (Fsp3) is 0.100. The van der Waals surface area contributed by atoms with E-state index in [1.807, 2.05) is 6.92 Å². The van der Waals surface area contributed by atoms with Gasteiger partial charge >= 0.3 is 0 Å². The van der Waals surface area contributed by atoms with Crippen LogP contribution in [0.15, 0.2) is 65.8 Å². The smallest absolute Gasteiger partial charge is 0.269 e. The van der Waals surface area contributed by atoms with Crippen LogP contribution in [0.1, 0.15) is 5.56 Å². The van der Waals surface area contributed by atoms with Gasteiger partial charge in [0.05, 0.1) is 22.7 Å². The van der Waals surface area contributed by atoms with Gasteiger partial charge in [0.15, 0.2) is 5.65 Å².